The molecule has 0 radical (unpaired) electrons. The quantitative estimate of drug-likeness (QED) is 0.456. The van der Waals surface area contributed by atoms with Gasteiger partial charge in [-0.3, -0.25) is 9.59 Å². The summed E-state index contributed by atoms with van der Waals surface area (Å²) in [5.41, 5.74) is 5.65. The summed E-state index contributed by atoms with van der Waals surface area (Å²) in [5, 5.41) is 22.2. The lowest BCUT2D eigenvalue weighted by Gasteiger charge is -2.21. The van der Waals surface area contributed by atoms with Crippen LogP contribution >= 0.6 is 0 Å². The minimum Gasteiger partial charge on any atom is -0.507 e. The molecule has 2 unspecified atom stereocenters. The van der Waals surface area contributed by atoms with E-state index in [0.717, 1.165) is 12.3 Å². The van der Waals surface area contributed by atoms with Crippen LogP contribution in [-0.4, -0.2) is 49.4 Å². The number of alkyl halides is 1. The SMILES string of the molecule is CS(=O)(=O)c1ccc(C(O)C(CF)NC(=O)/C=C/c2ccc(O)c(C(N)=O)c2)cc1. The van der Waals surface area contributed by atoms with Crippen LogP contribution in [0.5, 0.6) is 5.75 Å². The number of amides is 2. The summed E-state index contributed by atoms with van der Waals surface area (Å²) in [6, 6.07) is 7.94. The lowest BCUT2D eigenvalue weighted by atomic mass is 10.0. The highest BCUT2D eigenvalue weighted by Crippen LogP contribution is 2.21. The molecule has 8 nitrogen and oxygen atoms in total. The van der Waals surface area contributed by atoms with Gasteiger partial charge in [0.1, 0.15) is 18.5 Å². The Morgan fingerprint density at radius 1 is 1.20 bits per heavy atom. The number of sulfone groups is 1. The topological polar surface area (TPSA) is 147 Å². The number of halogens is 1. The molecule has 0 saturated heterocycles. The Labute approximate surface area is 172 Å². The van der Waals surface area contributed by atoms with E-state index in [-0.39, 0.29) is 21.8 Å². The van der Waals surface area contributed by atoms with Crippen LogP contribution in [-0.2, 0) is 14.6 Å². The largest absolute Gasteiger partial charge is 0.507 e. The summed E-state index contributed by atoms with van der Waals surface area (Å²) in [7, 11) is -3.41. The van der Waals surface area contributed by atoms with Crippen molar-refractivity contribution in [2.24, 2.45) is 5.73 Å². The number of carbonyl (C=O) groups is 2. The molecular weight excluding hydrogens is 415 g/mol. The average molecular weight is 436 g/mol. The van der Waals surface area contributed by atoms with Crippen molar-refractivity contribution in [3.05, 3.63) is 65.2 Å². The molecule has 0 aliphatic rings. The van der Waals surface area contributed by atoms with E-state index < -0.39 is 40.5 Å². The second-order valence-electron chi connectivity index (χ2n) is 6.53. The number of aliphatic hydroxyl groups excluding tert-OH is 1. The number of phenols is 1. The van der Waals surface area contributed by atoms with Gasteiger partial charge in [-0.15, -0.1) is 0 Å². The molecule has 0 aliphatic carbocycles. The Morgan fingerprint density at radius 3 is 2.37 bits per heavy atom. The number of hydrogen-bond acceptors (Lipinski definition) is 6. The third kappa shape index (κ3) is 5.88. The minimum atomic E-state index is -3.41. The van der Waals surface area contributed by atoms with Crippen LogP contribution in [0.15, 0.2) is 53.4 Å². The summed E-state index contributed by atoms with van der Waals surface area (Å²) in [5.74, 6) is -1.85. The van der Waals surface area contributed by atoms with Gasteiger partial charge < -0.3 is 21.3 Å². The number of rotatable bonds is 8. The zero-order valence-corrected chi connectivity index (χ0v) is 16.8. The molecule has 0 spiro atoms. The van der Waals surface area contributed by atoms with Gasteiger partial charge in [0, 0.05) is 12.3 Å². The molecule has 0 aromatic heterocycles. The standard InChI is InChI=1S/C20H21FN2O6S/c1-30(28,29)14-6-4-13(5-7-14)19(26)16(11-21)23-18(25)9-3-12-2-8-17(24)15(10-12)20(22)27/h2-10,16,19,24,26H,11H2,1H3,(H2,22,27)(H,23,25)/b9-3+. The molecule has 2 aromatic rings. The van der Waals surface area contributed by atoms with Crippen molar-refractivity contribution in [3.8, 4) is 5.75 Å². The van der Waals surface area contributed by atoms with Gasteiger partial charge in [0.25, 0.3) is 5.91 Å². The minimum absolute atomic E-state index is 0.0476. The van der Waals surface area contributed by atoms with Gasteiger partial charge in [0.05, 0.1) is 16.5 Å². The summed E-state index contributed by atoms with van der Waals surface area (Å²) in [6.45, 7) is -1.07. The number of aromatic hydroxyl groups is 1. The van der Waals surface area contributed by atoms with Crippen LogP contribution in [0, 0.1) is 0 Å². The van der Waals surface area contributed by atoms with Crippen molar-refractivity contribution in [2.45, 2.75) is 17.0 Å². The molecule has 2 atom stereocenters. The lowest BCUT2D eigenvalue weighted by Crippen LogP contribution is -2.40. The predicted octanol–water partition coefficient (Wildman–Crippen LogP) is 1.10. The van der Waals surface area contributed by atoms with Crippen LogP contribution < -0.4 is 11.1 Å². The number of primary amides is 1. The molecule has 0 aliphatic heterocycles. The third-order valence-corrected chi connectivity index (χ3v) is 5.37. The molecule has 2 aromatic carbocycles. The second-order valence-corrected chi connectivity index (χ2v) is 8.55. The maximum absolute atomic E-state index is 13.4. The van der Waals surface area contributed by atoms with Crippen molar-refractivity contribution >= 4 is 27.7 Å². The first-order valence-corrected chi connectivity index (χ1v) is 10.6. The van der Waals surface area contributed by atoms with Crippen molar-refractivity contribution in [1.29, 1.82) is 0 Å². The van der Waals surface area contributed by atoms with Gasteiger partial charge in [-0.2, -0.15) is 0 Å². The molecule has 10 heteroatoms. The first kappa shape index (κ1) is 23.0. The summed E-state index contributed by atoms with van der Waals surface area (Å²) >= 11 is 0. The predicted molar refractivity (Wildman–Crippen MR) is 108 cm³/mol. The number of nitrogens with two attached hydrogens (primary N) is 1. The van der Waals surface area contributed by atoms with E-state index in [0.29, 0.717) is 5.56 Å². The van der Waals surface area contributed by atoms with E-state index in [1.807, 2.05) is 0 Å². The molecule has 2 rings (SSSR count). The molecule has 0 bridgehead atoms. The monoisotopic (exact) mass is 436 g/mol. The van der Waals surface area contributed by atoms with Gasteiger partial charge in [0.15, 0.2) is 9.84 Å². The summed E-state index contributed by atoms with van der Waals surface area (Å²) < 4.78 is 36.4. The Kier molecular flexibility index (Phi) is 7.30. The molecule has 160 valence electrons. The molecule has 0 saturated carbocycles. The van der Waals surface area contributed by atoms with Crippen LogP contribution in [0.1, 0.15) is 27.6 Å². The highest BCUT2D eigenvalue weighted by molar-refractivity contribution is 7.90. The molecule has 5 N–H and O–H groups in total. The van der Waals surface area contributed by atoms with E-state index in [9.17, 15) is 32.6 Å². The van der Waals surface area contributed by atoms with Crippen LogP contribution in [0.4, 0.5) is 4.39 Å². The van der Waals surface area contributed by atoms with E-state index in [1.165, 1.54) is 48.5 Å². The van der Waals surface area contributed by atoms with Gasteiger partial charge in [-0.05, 0) is 41.5 Å². The Morgan fingerprint density at radius 2 is 1.83 bits per heavy atom. The highest BCUT2D eigenvalue weighted by Gasteiger charge is 2.22. The number of carbonyl (C=O) groups excluding carboxylic acids is 2. The zero-order chi connectivity index (χ0) is 22.5. The Hall–Kier alpha value is -3.24. The molecule has 2 amide bonds. The molecular formula is C20H21FN2O6S. The van der Waals surface area contributed by atoms with Crippen LogP contribution in [0.3, 0.4) is 0 Å². The number of nitrogens with one attached hydrogen (secondary N) is 1. The second kappa shape index (κ2) is 9.51. The van der Waals surface area contributed by atoms with E-state index >= 15 is 0 Å². The average Bonchev–Trinajstić information content (AvgIpc) is 2.70. The van der Waals surface area contributed by atoms with Crippen molar-refractivity contribution in [1.82, 2.24) is 5.32 Å². The summed E-state index contributed by atoms with van der Waals surface area (Å²) in [6.07, 6.45) is 2.02. The fourth-order valence-electron chi connectivity index (χ4n) is 2.60. The maximum Gasteiger partial charge on any atom is 0.252 e. The van der Waals surface area contributed by atoms with Gasteiger partial charge in [-0.1, -0.05) is 18.2 Å². The van der Waals surface area contributed by atoms with Gasteiger partial charge in [0.2, 0.25) is 5.91 Å². The van der Waals surface area contributed by atoms with E-state index in [2.05, 4.69) is 5.32 Å². The maximum atomic E-state index is 13.4. The van der Waals surface area contributed by atoms with Crippen LogP contribution in [0.2, 0.25) is 0 Å². The summed E-state index contributed by atoms with van der Waals surface area (Å²) in [4.78, 5) is 23.4. The van der Waals surface area contributed by atoms with E-state index in [4.69, 9.17) is 5.73 Å². The molecule has 0 fully saturated rings. The lowest BCUT2D eigenvalue weighted by molar-refractivity contribution is -0.118. The van der Waals surface area contributed by atoms with Crippen molar-refractivity contribution in [2.75, 3.05) is 12.9 Å². The number of aliphatic hydroxyl groups is 1. The third-order valence-electron chi connectivity index (χ3n) is 4.24. The molecule has 0 heterocycles. The van der Waals surface area contributed by atoms with E-state index in [1.54, 1.807) is 0 Å². The zero-order valence-electron chi connectivity index (χ0n) is 15.9. The fraction of sp³-hybridized carbons (Fsp3) is 0.200. The van der Waals surface area contributed by atoms with Crippen molar-refractivity contribution in [3.63, 3.8) is 0 Å². The Bertz CT molecular complexity index is 1070. The van der Waals surface area contributed by atoms with Gasteiger partial charge in [-0.25, -0.2) is 12.8 Å². The van der Waals surface area contributed by atoms with Gasteiger partial charge >= 0.3 is 0 Å². The normalized spacial score (nSPS) is 13.7. The fourth-order valence-corrected chi connectivity index (χ4v) is 3.23. The molecule has 30 heavy (non-hydrogen) atoms. The van der Waals surface area contributed by atoms with Crippen LogP contribution in [0.25, 0.3) is 6.08 Å². The Balaban J connectivity index is 2.09. The number of hydrogen-bond donors (Lipinski definition) is 4. The highest BCUT2D eigenvalue weighted by atomic mass is 32.2. The number of benzene rings is 2. The van der Waals surface area contributed by atoms with Crippen molar-refractivity contribution < 1.29 is 32.6 Å². The first-order chi connectivity index (χ1) is 14.0. The smallest absolute Gasteiger partial charge is 0.252 e. The first-order valence-electron chi connectivity index (χ1n) is 8.68.